The molecular weight excluding hydrogens is 324 g/mol. The minimum absolute atomic E-state index is 0.0761. The van der Waals surface area contributed by atoms with Crippen molar-refractivity contribution in [2.75, 3.05) is 20.7 Å². The highest BCUT2D eigenvalue weighted by Gasteiger charge is 2.23. The van der Waals surface area contributed by atoms with Crippen molar-refractivity contribution in [1.29, 1.82) is 0 Å². The summed E-state index contributed by atoms with van der Waals surface area (Å²) in [6.45, 7) is 0.356. The summed E-state index contributed by atoms with van der Waals surface area (Å²) in [7, 11) is -0.595. The third-order valence-corrected chi connectivity index (χ3v) is 5.63. The van der Waals surface area contributed by atoms with Crippen molar-refractivity contribution in [2.24, 2.45) is 0 Å². The Bertz CT molecular complexity index is 736. The zero-order valence-corrected chi connectivity index (χ0v) is 13.9. The number of likely N-dealkylation sites (N-methyl/N-ethyl adjacent to an activating group) is 1. The van der Waals surface area contributed by atoms with Crippen LogP contribution >= 0.6 is 11.6 Å². The largest absolute Gasteiger partial charge is 0.497 e. The van der Waals surface area contributed by atoms with Crippen LogP contribution in [0.4, 0.5) is 0 Å². The predicted octanol–water partition coefficient (Wildman–Crippen LogP) is 2.61. The molecule has 0 unspecified atom stereocenters. The lowest BCUT2D eigenvalue weighted by atomic mass is 10.2. The van der Waals surface area contributed by atoms with Crippen LogP contribution in [0.15, 0.2) is 47.6 Å². The number of hydrogen-bond donors (Lipinski definition) is 0. The second-order valence-corrected chi connectivity index (χ2v) is 7.15. The highest BCUT2D eigenvalue weighted by molar-refractivity contribution is 7.89. The Balaban J connectivity index is 2.15. The average Bonchev–Trinajstić information content (AvgIpc) is 2.53. The second-order valence-electron chi connectivity index (χ2n) is 4.73. The number of rotatable bonds is 6. The fraction of sp³-hybridized carbons (Fsp3) is 0.267. The molecule has 0 aliphatic carbocycles. The van der Waals surface area contributed by atoms with E-state index in [0.717, 1.165) is 5.56 Å². The Morgan fingerprint density at radius 3 is 2.50 bits per heavy atom. The van der Waals surface area contributed by atoms with Crippen molar-refractivity contribution in [3.8, 4) is 5.75 Å². The first kappa shape index (κ1) is 16.7. The maximum atomic E-state index is 12.6. The number of sulfonamides is 1. The van der Waals surface area contributed by atoms with E-state index in [1.54, 1.807) is 18.5 Å². The molecule has 0 aliphatic heterocycles. The minimum Gasteiger partial charge on any atom is -0.497 e. The highest BCUT2D eigenvalue weighted by Crippen LogP contribution is 2.28. The molecule has 118 valence electrons. The first-order valence-electron chi connectivity index (χ1n) is 6.64. The fourth-order valence-corrected chi connectivity index (χ4v) is 3.62. The zero-order chi connectivity index (χ0) is 16.2. The van der Waals surface area contributed by atoms with E-state index >= 15 is 0 Å². The molecule has 2 rings (SSSR count). The quantitative estimate of drug-likeness (QED) is 0.811. The highest BCUT2D eigenvalue weighted by atomic mass is 35.5. The first-order valence-corrected chi connectivity index (χ1v) is 8.45. The van der Waals surface area contributed by atoms with E-state index in [1.165, 1.54) is 30.6 Å². The van der Waals surface area contributed by atoms with Gasteiger partial charge in [0.05, 0.1) is 12.1 Å². The molecule has 0 saturated heterocycles. The Kier molecular flexibility index (Phi) is 5.39. The molecule has 1 aromatic heterocycles. The van der Waals surface area contributed by atoms with Crippen molar-refractivity contribution >= 4 is 21.6 Å². The molecule has 0 atom stereocenters. The van der Waals surface area contributed by atoms with Crippen molar-refractivity contribution in [3.63, 3.8) is 0 Å². The molecule has 0 radical (unpaired) electrons. The molecule has 0 N–H and O–H groups in total. The van der Waals surface area contributed by atoms with Gasteiger partial charge in [0.1, 0.15) is 10.6 Å². The number of ether oxygens (including phenoxy) is 1. The van der Waals surface area contributed by atoms with Crippen LogP contribution in [0.1, 0.15) is 5.56 Å². The van der Waals surface area contributed by atoms with Crippen molar-refractivity contribution in [1.82, 2.24) is 9.29 Å². The van der Waals surface area contributed by atoms with E-state index in [1.807, 2.05) is 12.1 Å². The molecule has 1 heterocycles. The Hall–Kier alpha value is -1.63. The van der Waals surface area contributed by atoms with Gasteiger partial charge in [0.15, 0.2) is 0 Å². The fourth-order valence-electron chi connectivity index (χ4n) is 1.94. The van der Waals surface area contributed by atoms with Gasteiger partial charge in [0.2, 0.25) is 10.0 Å². The van der Waals surface area contributed by atoms with Gasteiger partial charge in [0.25, 0.3) is 0 Å². The molecule has 2 aromatic rings. The summed E-state index contributed by atoms with van der Waals surface area (Å²) >= 11 is 6.06. The molecule has 0 aliphatic rings. The lowest BCUT2D eigenvalue weighted by molar-refractivity contribution is 0.414. The molecule has 22 heavy (non-hydrogen) atoms. The molecule has 0 amide bonds. The molecular formula is C15H17ClN2O3S. The van der Waals surface area contributed by atoms with Gasteiger partial charge < -0.3 is 4.74 Å². The molecule has 1 aromatic carbocycles. The van der Waals surface area contributed by atoms with Gasteiger partial charge in [-0.05, 0) is 36.2 Å². The van der Waals surface area contributed by atoms with Crippen LogP contribution in [0.2, 0.25) is 5.02 Å². The summed E-state index contributed by atoms with van der Waals surface area (Å²) in [5.74, 6) is 0.517. The van der Waals surface area contributed by atoms with Crippen LogP contribution in [-0.4, -0.2) is 38.4 Å². The van der Waals surface area contributed by atoms with E-state index in [9.17, 15) is 8.42 Å². The second kappa shape index (κ2) is 7.09. The van der Waals surface area contributed by atoms with Gasteiger partial charge in [-0.1, -0.05) is 11.6 Å². The number of benzene rings is 1. The summed E-state index contributed by atoms with van der Waals surface area (Å²) in [4.78, 5) is 4.01. The molecule has 0 fully saturated rings. The van der Waals surface area contributed by atoms with Gasteiger partial charge in [0, 0.05) is 32.1 Å². The van der Waals surface area contributed by atoms with Crippen LogP contribution < -0.4 is 4.74 Å². The first-order chi connectivity index (χ1) is 10.4. The van der Waals surface area contributed by atoms with Crippen LogP contribution in [0.5, 0.6) is 5.75 Å². The third-order valence-electron chi connectivity index (χ3n) is 3.29. The van der Waals surface area contributed by atoms with Crippen molar-refractivity contribution in [2.45, 2.75) is 11.3 Å². The van der Waals surface area contributed by atoms with Gasteiger partial charge in [-0.3, -0.25) is 4.98 Å². The van der Waals surface area contributed by atoms with E-state index in [4.69, 9.17) is 16.3 Å². The standard InChI is InChI=1S/C15H17ClN2O3S/c1-18(10-7-12-5-8-17-9-6-12)22(19,20)15-4-3-13(21-2)11-14(15)16/h3-6,8-9,11H,7,10H2,1-2H3. The van der Waals surface area contributed by atoms with Crippen LogP contribution in [0.25, 0.3) is 0 Å². The monoisotopic (exact) mass is 340 g/mol. The van der Waals surface area contributed by atoms with Crippen molar-refractivity contribution < 1.29 is 13.2 Å². The number of hydrogen-bond acceptors (Lipinski definition) is 4. The molecule has 5 nitrogen and oxygen atoms in total. The molecule has 0 bridgehead atoms. The molecule has 0 spiro atoms. The maximum absolute atomic E-state index is 12.6. The lowest BCUT2D eigenvalue weighted by Gasteiger charge is -2.18. The smallest absolute Gasteiger partial charge is 0.244 e. The van der Waals surface area contributed by atoms with E-state index < -0.39 is 10.0 Å². The molecule has 0 saturated carbocycles. The summed E-state index contributed by atoms with van der Waals surface area (Å²) in [5.41, 5.74) is 1.03. The van der Waals surface area contributed by atoms with Gasteiger partial charge >= 0.3 is 0 Å². The van der Waals surface area contributed by atoms with Gasteiger partial charge in [-0.15, -0.1) is 0 Å². The Labute approximate surface area is 135 Å². The topological polar surface area (TPSA) is 59.5 Å². The van der Waals surface area contributed by atoms with Gasteiger partial charge in [-0.2, -0.15) is 0 Å². The van der Waals surface area contributed by atoms with Crippen molar-refractivity contribution in [3.05, 3.63) is 53.3 Å². The summed E-state index contributed by atoms with van der Waals surface area (Å²) in [6, 6.07) is 8.25. The zero-order valence-electron chi connectivity index (χ0n) is 12.4. The average molecular weight is 341 g/mol. The summed E-state index contributed by atoms with van der Waals surface area (Å²) in [6.07, 6.45) is 3.97. The summed E-state index contributed by atoms with van der Waals surface area (Å²) < 4.78 is 31.4. The normalized spacial score (nSPS) is 11.6. The maximum Gasteiger partial charge on any atom is 0.244 e. The number of methoxy groups -OCH3 is 1. The Morgan fingerprint density at radius 2 is 1.91 bits per heavy atom. The van der Waals surface area contributed by atoms with E-state index in [2.05, 4.69) is 4.98 Å². The number of nitrogens with zero attached hydrogens (tertiary/aromatic N) is 2. The van der Waals surface area contributed by atoms with E-state index in [0.29, 0.717) is 18.7 Å². The predicted molar refractivity (Wildman–Crippen MR) is 85.8 cm³/mol. The van der Waals surface area contributed by atoms with E-state index in [-0.39, 0.29) is 9.92 Å². The number of halogens is 1. The number of pyridine rings is 1. The molecule has 7 heteroatoms. The van der Waals surface area contributed by atoms with Crippen LogP contribution in [-0.2, 0) is 16.4 Å². The third kappa shape index (κ3) is 3.76. The van der Waals surface area contributed by atoms with Crippen LogP contribution in [0.3, 0.4) is 0 Å². The lowest BCUT2D eigenvalue weighted by Crippen LogP contribution is -2.29. The number of aromatic nitrogens is 1. The minimum atomic E-state index is -3.63. The SMILES string of the molecule is COc1ccc(S(=O)(=O)N(C)CCc2ccncc2)c(Cl)c1. The Morgan fingerprint density at radius 1 is 1.23 bits per heavy atom. The summed E-state index contributed by atoms with van der Waals surface area (Å²) in [5, 5.41) is 0.148. The van der Waals surface area contributed by atoms with Gasteiger partial charge in [-0.25, -0.2) is 12.7 Å². The van der Waals surface area contributed by atoms with Crippen LogP contribution in [0, 0.1) is 0 Å².